The molecule has 5 heteroatoms. The van der Waals surface area contributed by atoms with Gasteiger partial charge in [0.1, 0.15) is 5.78 Å². The summed E-state index contributed by atoms with van der Waals surface area (Å²) in [6, 6.07) is 6.33. The molecule has 4 aliphatic rings. The number of piperidine rings is 1. The molecular weight excluding hydrogens is 414 g/mol. The number of hydrogen-bond acceptors (Lipinski definition) is 5. The van der Waals surface area contributed by atoms with Gasteiger partial charge in [-0.1, -0.05) is 25.0 Å². The van der Waals surface area contributed by atoms with Crippen LogP contribution in [0.5, 0.6) is 11.5 Å². The molecule has 0 unspecified atom stereocenters. The number of hydrogen-bond donors (Lipinski definition) is 0. The minimum atomic E-state index is 0.204. The van der Waals surface area contributed by atoms with Gasteiger partial charge in [-0.3, -0.25) is 4.79 Å². The van der Waals surface area contributed by atoms with Gasteiger partial charge in [-0.15, -0.1) is 0 Å². The first-order valence-electron chi connectivity index (χ1n) is 13.5. The van der Waals surface area contributed by atoms with E-state index in [-0.39, 0.29) is 6.10 Å². The van der Waals surface area contributed by atoms with Crippen LogP contribution in [0.2, 0.25) is 0 Å². The van der Waals surface area contributed by atoms with E-state index in [1.54, 1.807) is 0 Å². The number of carbonyl (C=O) groups is 1. The molecule has 1 saturated carbocycles. The summed E-state index contributed by atoms with van der Waals surface area (Å²) in [5.74, 6) is 4.39. The zero-order valence-corrected chi connectivity index (χ0v) is 20.1. The first kappa shape index (κ1) is 23.2. The summed E-state index contributed by atoms with van der Waals surface area (Å²) in [5.41, 5.74) is 1.34. The van der Waals surface area contributed by atoms with Gasteiger partial charge < -0.3 is 19.1 Å². The lowest BCUT2D eigenvalue weighted by Gasteiger charge is -2.34. The normalized spacial score (nSPS) is 28.7. The van der Waals surface area contributed by atoms with Crippen LogP contribution < -0.4 is 9.47 Å². The second-order valence-corrected chi connectivity index (χ2v) is 10.8. The van der Waals surface area contributed by atoms with Crippen LogP contribution >= 0.6 is 0 Å². The van der Waals surface area contributed by atoms with E-state index < -0.39 is 0 Å². The zero-order valence-electron chi connectivity index (χ0n) is 20.1. The fourth-order valence-electron chi connectivity index (χ4n) is 6.46. The van der Waals surface area contributed by atoms with Gasteiger partial charge >= 0.3 is 0 Å². The van der Waals surface area contributed by atoms with Crippen molar-refractivity contribution in [3.8, 4) is 11.5 Å². The third-order valence-corrected chi connectivity index (χ3v) is 8.52. The number of rotatable bonds is 8. The predicted molar refractivity (Wildman–Crippen MR) is 129 cm³/mol. The first-order chi connectivity index (χ1) is 16.2. The highest BCUT2D eigenvalue weighted by Crippen LogP contribution is 2.42. The lowest BCUT2D eigenvalue weighted by molar-refractivity contribution is -0.124. The maximum atomic E-state index is 12.5. The molecule has 1 aliphatic carbocycles. The molecule has 0 N–H and O–H groups in total. The van der Waals surface area contributed by atoms with E-state index in [9.17, 15) is 4.79 Å². The van der Waals surface area contributed by atoms with Crippen molar-refractivity contribution in [1.29, 1.82) is 0 Å². The Morgan fingerprint density at radius 1 is 0.909 bits per heavy atom. The van der Waals surface area contributed by atoms with Crippen molar-refractivity contribution >= 4 is 5.78 Å². The smallest absolute Gasteiger partial charge is 0.231 e. The van der Waals surface area contributed by atoms with E-state index in [4.69, 9.17) is 14.2 Å². The molecular formula is C28H41NO4. The Balaban J connectivity index is 0.980. The molecule has 0 radical (unpaired) electrons. The molecule has 2 saturated heterocycles. The van der Waals surface area contributed by atoms with E-state index in [1.165, 1.54) is 76.6 Å². The summed E-state index contributed by atoms with van der Waals surface area (Å²) >= 11 is 0. The number of ether oxygens (including phenoxy) is 3. The highest BCUT2D eigenvalue weighted by molar-refractivity contribution is 5.79. The Labute approximate surface area is 199 Å². The number of benzene rings is 1. The highest BCUT2D eigenvalue weighted by atomic mass is 16.7. The fraction of sp³-hybridized carbons (Fsp3) is 0.750. The number of nitrogens with zero attached hydrogens (tertiary/aromatic N) is 1. The van der Waals surface area contributed by atoms with Crippen molar-refractivity contribution in [3.05, 3.63) is 23.8 Å². The Bertz CT molecular complexity index is 774. The summed E-state index contributed by atoms with van der Waals surface area (Å²) < 4.78 is 17.1. The van der Waals surface area contributed by atoms with Gasteiger partial charge in [0.05, 0.1) is 6.10 Å². The van der Waals surface area contributed by atoms with Gasteiger partial charge in [0.25, 0.3) is 0 Å². The fourth-order valence-corrected chi connectivity index (χ4v) is 6.46. The number of carbonyl (C=O) groups excluding carboxylic acids is 1. The Kier molecular flexibility index (Phi) is 7.88. The number of Topliss-reactive ketones (excluding diaryl/α,β-unsaturated/α-hetero) is 1. The van der Waals surface area contributed by atoms with E-state index >= 15 is 0 Å². The van der Waals surface area contributed by atoms with E-state index in [2.05, 4.69) is 17.0 Å². The number of likely N-dealkylation sites (tertiary alicyclic amines) is 1. The number of ketones is 1. The molecule has 1 aromatic carbocycles. The van der Waals surface area contributed by atoms with Gasteiger partial charge in [-0.25, -0.2) is 0 Å². The van der Waals surface area contributed by atoms with E-state index in [0.29, 0.717) is 30.8 Å². The summed E-state index contributed by atoms with van der Waals surface area (Å²) in [7, 11) is 0. The molecule has 5 nitrogen and oxygen atoms in total. The molecule has 3 heterocycles. The third kappa shape index (κ3) is 6.10. The van der Waals surface area contributed by atoms with Gasteiger partial charge in [0.15, 0.2) is 11.5 Å². The van der Waals surface area contributed by atoms with Crippen LogP contribution in [-0.4, -0.2) is 49.8 Å². The molecule has 3 fully saturated rings. The summed E-state index contributed by atoms with van der Waals surface area (Å²) in [6.45, 7) is 4.80. The van der Waals surface area contributed by atoms with Crippen LogP contribution in [0.25, 0.3) is 0 Å². The third-order valence-electron chi connectivity index (χ3n) is 8.52. The largest absolute Gasteiger partial charge is 0.454 e. The lowest BCUT2D eigenvalue weighted by atomic mass is 9.78. The molecule has 3 aliphatic heterocycles. The van der Waals surface area contributed by atoms with Crippen molar-refractivity contribution in [3.63, 3.8) is 0 Å². The topological polar surface area (TPSA) is 48.0 Å². The average Bonchev–Trinajstić information content (AvgIpc) is 3.34. The molecule has 0 aromatic heterocycles. The minimum Gasteiger partial charge on any atom is -0.454 e. The Morgan fingerprint density at radius 3 is 2.52 bits per heavy atom. The average molecular weight is 456 g/mol. The maximum absolute atomic E-state index is 12.5. The van der Waals surface area contributed by atoms with Crippen LogP contribution in [0.3, 0.4) is 0 Å². The second kappa shape index (κ2) is 11.2. The summed E-state index contributed by atoms with van der Waals surface area (Å²) in [4.78, 5) is 15.1. The Morgan fingerprint density at radius 2 is 1.73 bits per heavy atom. The van der Waals surface area contributed by atoms with Crippen molar-refractivity contribution in [2.45, 2.75) is 89.1 Å². The van der Waals surface area contributed by atoms with Crippen LogP contribution in [-0.2, 0) is 9.53 Å². The number of fused-ring (bicyclic) bond motifs is 1. The van der Waals surface area contributed by atoms with Gasteiger partial charge in [0, 0.05) is 25.0 Å². The number of para-hydroxylation sites is 1. The molecule has 0 bridgehead atoms. The quantitative estimate of drug-likeness (QED) is 0.502. The predicted octanol–water partition coefficient (Wildman–Crippen LogP) is 5.71. The first-order valence-corrected chi connectivity index (χ1v) is 13.5. The van der Waals surface area contributed by atoms with Crippen LogP contribution in [0, 0.1) is 11.8 Å². The molecule has 182 valence electrons. The molecule has 1 atom stereocenters. The van der Waals surface area contributed by atoms with Crippen LogP contribution in [0.1, 0.15) is 88.5 Å². The highest BCUT2D eigenvalue weighted by Gasteiger charge is 2.28. The lowest BCUT2D eigenvalue weighted by Crippen LogP contribution is -2.34. The molecule has 0 spiro atoms. The Hall–Kier alpha value is -1.59. The van der Waals surface area contributed by atoms with Crippen molar-refractivity contribution < 1.29 is 19.0 Å². The standard InChI is InChI=1S/C28H41NO4/c30-24(19-25-4-1-2-17-31-25)18-22-9-7-21(8-10-22)11-14-29-15-12-23(13-16-29)26-5-3-6-27-28(26)33-20-32-27/h3,5-6,21-23,25H,1-2,4,7-20H2/t21?,22?,25-/m1/s1. The maximum Gasteiger partial charge on any atom is 0.231 e. The summed E-state index contributed by atoms with van der Waals surface area (Å²) in [5, 5.41) is 0. The molecule has 1 aromatic rings. The van der Waals surface area contributed by atoms with E-state index in [1.807, 2.05) is 6.07 Å². The second-order valence-electron chi connectivity index (χ2n) is 10.8. The summed E-state index contributed by atoms with van der Waals surface area (Å²) in [6.07, 6.45) is 13.9. The molecule has 5 rings (SSSR count). The van der Waals surface area contributed by atoms with Gasteiger partial charge in [-0.05, 0) is 94.8 Å². The SMILES string of the molecule is O=C(CC1CCC(CCN2CCC(c3cccc4c3OCO4)CC2)CC1)C[C@H]1CCCCO1. The van der Waals surface area contributed by atoms with Gasteiger partial charge in [-0.2, -0.15) is 0 Å². The minimum absolute atomic E-state index is 0.204. The monoisotopic (exact) mass is 455 g/mol. The molecule has 33 heavy (non-hydrogen) atoms. The van der Waals surface area contributed by atoms with Crippen molar-refractivity contribution in [1.82, 2.24) is 4.90 Å². The van der Waals surface area contributed by atoms with E-state index in [0.717, 1.165) is 43.3 Å². The van der Waals surface area contributed by atoms with Crippen LogP contribution in [0.15, 0.2) is 18.2 Å². The van der Waals surface area contributed by atoms with Crippen molar-refractivity contribution in [2.75, 3.05) is 33.0 Å². The zero-order chi connectivity index (χ0) is 22.5. The van der Waals surface area contributed by atoms with Gasteiger partial charge in [0.2, 0.25) is 6.79 Å². The van der Waals surface area contributed by atoms with Crippen molar-refractivity contribution in [2.24, 2.45) is 11.8 Å². The van der Waals surface area contributed by atoms with Crippen LogP contribution in [0.4, 0.5) is 0 Å². The molecule has 0 amide bonds.